The van der Waals surface area contributed by atoms with Gasteiger partial charge < -0.3 is 9.80 Å². The van der Waals surface area contributed by atoms with Gasteiger partial charge in [0.15, 0.2) is 5.78 Å². The smallest absolute Gasteiger partial charge is 0.223 e. The highest BCUT2D eigenvalue weighted by Gasteiger charge is 2.22. The van der Waals surface area contributed by atoms with Crippen molar-refractivity contribution in [3.63, 3.8) is 0 Å². The first kappa shape index (κ1) is 16.2. The normalized spacial score (nSPS) is 14.5. The molecule has 0 unspecified atom stereocenters. The standard InChI is InChI=1S/C19H21N3O2/c23-17(16-6-2-1-3-7-16)9-10-19(24)22-14-12-21(13-15-22)18-8-4-5-11-20-18/h1-8,11H,9-10,12-15H2. The van der Waals surface area contributed by atoms with E-state index >= 15 is 0 Å². The lowest BCUT2D eigenvalue weighted by molar-refractivity contribution is -0.131. The van der Waals surface area contributed by atoms with Crippen molar-refractivity contribution in [3.8, 4) is 0 Å². The summed E-state index contributed by atoms with van der Waals surface area (Å²) in [6.07, 6.45) is 2.32. The van der Waals surface area contributed by atoms with Gasteiger partial charge in [0.2, 0.25) is 5.91 Å². The van der Waals surface area contributed by atoms with E-state index in [0.717, 1.165) is 18.9 Å². The van der Waals surface area contributed by atoms with E-state index in [-0.39, 0.29) is 24.5 Å². The largest absolute Gasteiger partial charge is 0.353 e. The second-order valence-electron chi connectivity index (χ2n) is 5.84. The minimum atomic E-state index is 0.0241. The second-order valence-corrected chi connectivity index (χ2v) is 5.84. The van der Waals surface area contributed by atoms with Crippen molar-refractivity contribution in [1.29, 1.82) is 0 Å². The molecule has 1 saturated heterocycles. The number of hydrogen-bond donors (Lipinski definition) is 0. The van der Waals surface area contributed by atoms with E-state index in [2.05, 4.69) is 9.88 Å². The molecule has 24 heavy (non-hydrogen) atoms. The highest BCUT2D eigenvalue weighted by molar-refractivity contribution is 5.97. The summed E-state index contributed by atoms with van der Waals surface area (Å²) in [5.74, 6) is 1.03. The van der Waals surface area contributed by atoms with Gasteiger partial charge in [0, 0.05) is 50.8 Å². The number of carbonyl (C=O) groups is 2. The number of nitrogens with zero attached hydrogens (tertiary/aromatic N) is 3. The van der Waals surface area contributed by atoms with Crippen LogP contribution in [0.3, 0.4) is 0 Å². The van der Waals surface area contributed by atoms with Gasteiger partial charge in [-0.3, -0.25) is 9.59 Å². The fraction of sp³-hybridized carbons (Fsp3) is 0.316. The number of hydrogen-bond acceptors (Lipinski definition) is 4. The zero-order valence-electron chi connectivity index (χ0n) is 13.6. The van der Waals surface area contributed by atoms with Crippen LogP contribution in [0.2, 0.25) is 0 Å². The van der Waals surface area contributed by atoms with E-state index < -0.39 is 0 Å². The Morgan fingerprint density at radius 2 is 1.58 bits per heavy atom. The summed E-state index contributed by atoms with van der Waals surface area (Å²) < 4.78 is 0. The summed E-state index contributed by atoms with van der Waals surface area (Å²) in [6, 6.07) is 15.0. The van der Waals surface area contributed by atoms with Crippen LogP contribution in [0.1, 0.15) is 23.2 Å². The van der Waals surface area contributed by atoms with Crippen LogP contribution in [0.5, 0.6) is 0 Å². The minimum Gasteiger partial charge on any atom is -0.353 e. The molecule has 2 heterocycles. The van der Waals surface area contributed by atoms with Crippen molar-refractivity contribution in [2.75, 3.05) is 31.1 Å². The Morgan fingerprint density at radius 1 is 0.875 bits per heavy atom. The third-order valence-corrected chi connectivity index (χ3v) is 4.27. The highest BCUT2D eigenvalue weighted by atomic mass is 16.2. The SMILES string of the molecule is O=C(CCC(=O)N1CCN(c2ccccn2)CC1)c1ccccc1. The van der Waals surface area contributed by atoms with Crippen molar-refractivity contribution in [2.24, 2.45) is 0 Å². The molecule has 0 N–H and O–H groups in total. The fourth-order valence-corrected chi connectivity index (χ4v) is 2.87. The molecule has 1 fully saturated rings. The molecule has 2 aromatic rings. The quantitative estimate of drug-likeness (QED) is 0.793. The van der Waals surface area contributed by atoms with Crippen LogP contribution in [-0.4, -0.2) is 47.8 Å². The molecular weight excluding hydrogens is 302 g/mol. The molecule has 1 aliphatic rings. The first-order valence-corrected chi connectivity index (χ1v) is 8.26. The number of Topliss-reactive ketones (excluding diaryl/α,β-unsaturated/α-hetero) is 1. The summed E-state index contributed by atoms with van der Waals surface area (Å²) >= 11 is 0. The predicted octanol–water partition coefficient (Wildman–Crippen LogP) is 2.39. The number of amides is 1. The number of carbonyl (C=O) groups excluding carboxylic acids is 2. The molecule has 0 bridgehead atoms. The summed E-state index contributed by atoms with van der Waals surface area (Å²) in [5, 5.41) is 0. The molecular formula is C19H21N3O2. The summed E-state index contributed by atoms with van der Waals surface area (Å²) in [5.41, 5.74) is 0.672. The van der Waals surface area contributed by atoms with E-state index in [1.54, 1.807) is 18.3 Å². The number of piperazine rings is 1. The van der Waals surface area contributed by atoms with Crippen molar-refractivity contribution >= 4 is 17.5 Å². The summed E-state index contributed by atoms with van der Waals surface area (Å²) in [6.45, 7) is 2.90. The average Bonchev–Trinajstić information content (AvgIpc) is 2.67. The molecule has 5 heteroatoms. The number of anilines is 1. The van der Waals surface area contributed by atoms with Crippen LogP contribution < -0.4 is 4.90 Å². The number of aromatic nitrogens is 1. The van der Waals surface area contributed by atoms with Crippen LogP contribution in [0.15, 0.2) is 54.7 Å². The van der Waals surface area contributed by atoms with Crippen LogP contribution in [0, 0.1) is 0 Å². The van der Waals surface area contributed by atoms with Gasteiger partial charge in [-0.1, -0.05) is 36.4 Å². The Bertz CT molecular complexity index is 680. The van der Waals surface area contributed by atoms with Gasteiger partial charge in [0.1, 0.15) is 5.82 Å². The molecule has 0 radical (unpaired) electrons. The van der Waals surface area contributed by atoms with Crippen molar-refractivity contribution in [1.82, 2.24) is 9.88 Å². The molecule has 3 rings (SSSR count). The van der Waals surface area contributed by atoms with Crippen LogP contribution in [-0.2, 0) is 4.79 Å². The Balaban J connectivity index is 1.46. The number of rotatable bonds is 5. The molecule has 1 aromatic heterocycles. The van der Waals surface area contributed by atoms with Gasteiger partial charge in [0.25, 0.3) is 0 Å². The molecule has 0 aliphatic carbocycles. The van der Waals surface area contributed by atoms with Gasteiger partial charge in [-0.15, -0.1) is 0 Å². The molecule has 1 aromatic carbocycles. The molecule has 1 amide bonds. The lowest BCUT2D eigenvalue weighted by Crippen LogP contribution is -2.49. The second kappa shape index (κ2) is 7.73. The molecule has 0 spiro atoms. The highest BCUT2D eigenvalue weighted by Crippen LogP contribution is 2.14. The van der Waals surface area contributed by atoms with E-state index in [9.17, 15) is 9.59 Å². The first-order chi connectivity index (χ1) is 11.7. The van der Waals surface area contributed by atoms with Crippen molar-refractivity contribution in [3.05, 3.63) is 60.3 Å². The van der Waals surface area contributed by atoms with Crippen LogP contribution in [0.4, 0.5) is 5.82 Å². The van der Waals surface area contributed by atoms with Gasteiger partial charge in [-0.05, 0) is 12.1 Å². The molecule has 5 nitrogen and oxygen atoms in total. The maximum atomic E-state index is 12.3. The van der Waals surface area contributed by atoms with Crippen LogP contribution in [0.25, 0.3) is 0 Å². The lowest BCUT2D eigenvalue weighted by Gasteiger charge is -2.35. The Kier molecular flexibility index (Phi) is 5.21. The van der Waals surface area contributed by atoms with E-state index in [0.29, 0.717) is 18.7 Å². The number of benzene rings is 1. The number of ketones is 1. The topological polar surface area (TPSA) is 53.5 Å². The van der Waals surface area contributed by atoms with Crippen LogP contribution >= 0.6 is 0 Å². The van der Waals surface area contributed by atoms with Gasteiger partial charge in [-0.2, -0.15) is 0 Å². The average molecular weight is 323 g/mol. The predicted molar refractivity (Wildman–Crippen MR) is 93.0 cm³/mol. The Hall–Kier alpha value is -2.69. The van der Waals surface area contributed by atoms with E-state index in [1.165, 1.54) is 0 Å². The molecule has 1 aliphatic heterocycles. The molecule has 0 atom stereocenters. The maximum Gasteiger partial charge on any atom is 0.223 e. The zero-order chi connectivity index (χ0) is 16.8. The fourth-order valence-electron chi connectivity index (χ4n) is 2.87. The molecule has 124 valence electrons. The van der Waals surface area contributed by atoms with Gasteiger partial charge in [0.05, 0.1) is 0 Å². The first-order valence-electron chi connectivity index (χ1n) is 8.26. The Morgan fingerprint density at radius 3 is 2.25 bits per heavy atom. The molecule has 0 saturated carbocycles. The van der Waals surface area contributed by atoms with Crippen molar-refractivity contribution < 1.29 is 9.59 Å². The van der Waals surface area contributed by atoms with E-state index in [4.69, 9.17) is 0 Å². The van der Waals surface area contributed by atoms with Gasteiger partial charge in [-0.25, -0.2) is 4.98 Å². The summed E-state index contributed by atoms with van der Waals surface area (Å²) in [4.78, 5) is 32.8. The third-order valence-electron chi connectivity index (χ3n) is 4.27. The van der Waals surface area contributed by atoms with Crippen molar-refractivity contribution in [2.45, 2.75) is 12.8 Å². The summed E-state index contributed by atoms with van der Waals surface area (Å²) in [7, 11) is 0. The number of pyridine rings is 1. The van der Waals surface area contributed by atoms with E-state index in [1.807, 2.05) is 41.3 Å². The lowest BCUT2D eigenvalue weighted by atomic mass is 10.1. The minimum absolute atomic E-state index is 0.0241. The monoisotopic (exact) mass is 323 g/mol. The Labute approximate surface area is 141 Å². The van der Waals surface area contributed by atoms with Gasteiger partial charge >= 0.3 is 0 Å². The zero-order valence-corrected chi connectivity index (χ0v) is 13.6. The maximum absolute atomic E-state index is 12.3. The third kappa shape index (κ3) is 3.98.